The highest BCUT2D eigenvalue weighted by Crippen LogP contribution is 2.70. The van der Waals surface area contributed by atoms with Crippen LogP contribution in [-0.2, 0) is 11.3 Å². The Labute approximate surface area is 154 Å². The highest BCUT2D eigenvalue weighted by molar-refractivity contribution is 5.63. The van der Waals surface area contributed by atoms with Gasteiger partial charge in [-0.15, -0.1) is 0 Å². The Morgan fingerprint density at radius 2 is 1.75 bits per heavy atom. The second-order valence-electron chi connectivity index (χ2n) is 6.91. The number of ether oxygens (including phenoxy) is 1. The topological polar surface area (TPSA) is 13.6 Å². The van der Waals surface area contributed by atoms with Gasteiger partial charge in [-0.3, -0.25) is 0 Å². The fourth-order valence-corrected chi connectivity index (χ4v) is 3.99. The average molecular weight is 401 g/mol. The van der Waals surface area contributed by atoms with Crippen molar-refractivity contribution in [2.75, 3.05) is 0 Å². The monoisotopic (exact) mass is 401 g/mol. The van der Waals surface area contributed by atoms with Gasteiger partial charge in [-0.05, 0) is 36.8 Å². The Bertz CT molecular complexity index is 1050. The van der Waals surface area contributed by atoms with Crippen LogP contribution in [0.5, 0.6) is 11.5 Å². The van der Waals surface area contributed by atoms with Crippen molar-refractivity contribution in [1.82, 2.24) is 0 Å². The van der Waals surface area contributed by atoms with E-state index in [2.05, 4.69) is 4.85 Å². The lowest BCUT2D eigenvalue weighted by molar-refractivity contribution is -0.246. The summed E-state index contributed by atoms with van der Waals surface area (Å²) in [4.78, 5) is 3.02. The summed E-state index contributed by atoms with van der Waals surface area (Å²) in [6.07, 6.45) is -5.56. The zero-order valence-electron chi connectivity index (χ0n) is 14.0. The predicted molar refractivity (Wildman–Crippen MR) is 84.1 cm³/mol. The Kier molecular flexibility index (Phi) is 3.59. The molecular weight excluding hydrogens is 391 g/mol. The van der Waals surface area contributed by atoms with E-state index in [9.17, 15) is 30.7 Å². The first kappa shape index (κ1) is 18.6. The molecule has 0 bridgehead atoms. The molecule has 0 fully saturated rings. The average Bonchev–Trinajstić information content (AvgIpc) is 2.90. The summed E-state index contributed by atoms with van der Waals surface area (Å²) in [5.41, 5.74) is -5.98. The number of benzene rings is 2. The number of hydrogen-bond donors (Lipinski definition) is 0. The van der Waals surface area contributed by atoms with Crippen LogP contribution in [0.4, 0.5) is 36.4 Å². The van der Waals surface area contributed by atoms with Gasteiger partial charge in [0.05, 0.1) is 12.0 Å². The van der Waals surface area contributed by atoms with E-state index in [0.29, 0.717) is 13.0 Å². The van der Waals surface area contributed by atoms with Gasteiger partial charge >= 0.3 is 11.8 Å². The highest BCUT2D eigenvalue weighted by Gasteiger charge is 2.80. The molecule has 2 aliphatic rings. The molecule has 0 amide bonds. The summed E-state index contributed by atoms with van der Waals surface area (Å²) in [7, 11) is 0. The van der Waals surface area contributed by atoms with Crippen LogP contribution in [0, 0.1) is 12.4 Å². The molecule has 0 aliphatic heterocycles. The lowest BCUT2D eigenvalue weighted by atomic mass is 9.81. The van der Waals surface area contributed by atoms with E-state index in [0.717, 1.165) is 24.3 Å². The van der Waals surface area contributed by atoms with Crippen LogP contribution in [0.15, 0.2) is 30.3 Å². The second kappa shape index (κ2) is 5.40. The zero-order chi connectivity index (χ0) is 20.6. The summed E-state index contributed by atoms with van der Waals surface area (Å²) in [5.74, 6) is -11.2. The third kappa shape index (κ3) is 1.98. The predicted octanol–water partition coefficient (Wildman–Crippen LogP) is 6.53. The van der Waals surface area contributed by atoms with E-state index in [1.165, 1.54) is 0 Å². The van der Waals surface area contributed by atoms with Gasteiger partial charge in [0.25, 0.3) is 0 Å². The Hall–Kier alpha value is -2.76. The molecule has 3 atom stereocenters. The maximum Gasteiger partial charge on any atom is 0.336 e. The van der Waals surface area contributed by atoms with Crippen LogP contribution in [0.1, 0.15) is 29.8 Å². The fourth-order valence-electron chi connectivity index (χ4n) is 3.99. The lowest BCUT2D eigenvalue weighted by Crippen LogP contribution is -2.51. The van der Waals surface area contributed by atoms with Crippen LogP contribution < -0.4 is 4.74 Å². The first-order chi connectivity index (χ1) is 13.0. The van der Waals surface area contributed by atoms with E-state index >= 15 is 0 Å². The molecule has 0 spiro atoms. The van der Waals surface area contributed by atoms with E-state index < -0.39 is 57.9 Å². The van der Waals surface area contributed by atoms with E-state index in [1.54, 1.807) is 0 Å². The molecule has 2 aromatic rings. The summed E-state index contributed by atoms with van der Waals surface area (Å²) in [6.45, 7) is 7.46. The van der Waals surface area contributed by atoms with Gasteiger partial charge < -0.3 is 4.74 Å². The van der Waals surface area contributed by atoms with Crippen molar-refractivity contribution in [1.29, 1.82) is 0 Å². The first-order valence-electron chi connectivity index (χ1n) is 8.04. The summed E-state index contributed by atoms with van der Waals surface area (Å²) >= 11 is 0. The summed E-state index contributed by atoms with van der Waals surface area (Å²) < 4.78 is 106. The van der Waals surface area contributed by atoms with E-state index in [-0.39, 0.29) is 11.4 Å². The Morgan fingerprint density at radius 1 is 1.07 bits per heavy atom. The Morgan fingerprint density at radius 3 is 2.39 bits per heavy atom. The molecule has 146 valence electrons. The van der Waals surface area contributed by atoms with E-state index in [1.807, 2.05) is 0 Å². The first-order valence-corrected chi connectivity index (χ1v) is 8.04. The number of nitrogens with zero attached hydrogens (tertiary/aromatic N) is 1. The lowest BCUT2D eigenvalue weighted by Gasteiger charge is -2.33. The second-order valence-corrected chi connectivity index (χ2v) is 6.91. The molecule has 9 heteroatoms. The third-order valence-electron chi connectivity index (χ3n) is 5.41. The molecule has 4 rings (SSSR count). The van der Waals surface area contributed by atoms with Gasteiger partial charge in [0.1, 0.15) is 17.3 Å². The SMILES string of the molecule is [C-]#[N+]c1cc(F)cc(Oc2ccc3c4c2[C@@H](F)[C@@H](F)[C@]4(C)C(F)(F)C3(F)F)c1. The van der Waals surface area contributed by atoms with E-state index in [4.69, 9.17) is 11.3 Å². The van der Waals surface area contributed by atoms with Crippen molar-refractivity contribution < 1.29 is 35.5 Å². The number of halogens is 7. The molecule has 2 aliphatic carbocycles. The molecule has 0 unspecified atom stereocenters. The standard InChI is InChI=1S/C19H10F7NO/c1-17-14-11(18(23,24)19(17,25)26)3-4-12(13(14)15(21)16(17)22)28-10-6-8(20)5-9(7-10)27-2/h3-7,15-16H,1H3/t15-,16-,17-/m1/s1. The van der Waals surface area contributed by atoms with Gasteiger partial charge in [-0.1, -0.05) is 0 Å². The van der Waals surface area contributed by atoms with Crippen molar-refractivity contribution in [2.45, 2.75) is 36.5 Å². The molecule has 2 aromatic carbocycles. The van der Waals surface area contributed by atoms with Crippen LogP contribution >= 0.6 is 0 Å². The quantitative estimate of drug-likeness (QED) is 0.412. The molecular formula is C19H10F7NO. The number of hydrogen-bond acceptors (Lipinski definition) is 1. The summed E-state index contributed by atoms with van der Waals surface area (Å²) in [5, 5.41) is 0. The minimum Gasteiger partial charge on any atom is -0.458 e. The molecule has 0 radical (unpaired) electrons. The van der Waals surface area contributed by atoms with Crippen LogP contribution in [0.2, 0.25) is 0 Å². The molecule has 0 saturated heterocycles. The number of alkyl halides is 6. The molecule has 0 saturated carbocycles. The van der Waals surface area contributed by atoms with Gasteiger partial charge in [-0.25, -0.2) is 18.0 Å². The third-order valence-corrected chi connectivity index (χ3v) is 5.41. The van der Waals surface area contributed by atoms with Crippen molar-refractivity contribution in [3.8, 4) is 11.5 Å². The zero-order valence-corrected chi connectivity index (χ0v) is 14.0. The minimum atomic E-state index is -4.86. The molecule has 2 nitrogen and oxygen atoms in total. The molecule has 0 heterocycles. The maximum absolute atomic E-state index is 14.6. The van der Waals surface area contributed by atoms with Crippen molar-refractivity contribution >= 4 is 5.69 Å². The number of rotatable bonds is 2. The van der Waals surface area contributed by atoms with Gasteiger partial charge in [-0.2, -0.15) is 17.6 Å². The smallest absolute Gasteiger partial charge is 0.336 e. The van der Waals surface area contributed by atoms with Crippen molar-refractivity contribution in [3.05, 3.63) is 64.3 Å². The molecule has 0 aromatic heterocycles. The molecule has 28 heavy (non-hydrogen) atoms. The summed E-state index contributed by atoms with van der Waals surface area (Å²) in [6, 6.07) is 4.28. The van der Waals surface area contributed by atoms with Gasteiger partial charge in [0.2, 0.25) is 0 Å². The minimum absolute atomic E-state index is 0.157. The van der Waals surface area contributed by atoms with Crippen LogP contribution in [0.25, 0.3) is 4.85 Å². The van der Waals surface area contributed by atoms with Crippen LogP contribution in [0.3, 0.4) is 0 Å². The molecule has 0 N–H and O–H groups in total. The fraction of sp³-hybridized carbons (Fsp3) is 0.316. The van der Waals surface area contributed by atoms with Gasteiger partial charge in [0, 0.05) is 17.2 Å². The van der Waals surface area contributed by atoms with Gasteiger partial charge in [0.15, 0.2) is 18.0 Å². The van der Waals surface area contributed by atoms with Crippen molar-refractivity contribution in [2.24, 2.45) is 0 Å². The maximum atomic E-state index is 14.6. The Balaban J connectivity index is 1.92. The van der Waals surface area contributed by atoms with Crippen molar-refractivity contribution in [3.63, 3.8) is 0 Å². The largest absolute Gasteiger partial charge is 0.458 e. The normalized spacial score (nSPS) is 28.7. The van der Waals surface area contributed by atoms with Crippen LogP contribution in [-0.4, -0.2) is 12.1 Å². The highest BCUT2D eigenvalue weighted by atomic mass is 19.3.